The molecule has 0 saturated heterocycles. The fraction of sp³-hybridized carbons (Fsp3) is 0.429. The van der Waals surface area contributed by atoms with E-state index in [0.29, 0.717) is 10.8 Å². The number of nitrogens with two attached hydrogens (primary N) is 1. The number of rotatable bonds is 5. The predicted molar refractivity (Wildman–Crippen MR) is 83.0 cm³/mol. The lowest BCUT2D eigenvalue weighted by atomic mass is 10.3. The summed E-state index contributed by atoms with van der Waals surface area (Å²) in [6, 6.07) is 5.49. The van der Waals surface area contributed by atoms with Gasteiger partial charge in [-0.15, -0.1) is 0 Å². The van der Waals surface area contributed by atoms with Crippen LogP contribution in [0.25, 0.3) is 10.2 Å². The fourth-order valence-corrected chi connectivity index (χ4v) is 2.63. The molecule has 6 heteroatoms. The highest BCUT2D eigenvalue weighted by Gasteiger charge is 2.17. The van der Waals surface area contributed by atoms with Crippen molar-refractivity contribution >= 4 is 38.3 Å². The normalized spacial score (nSPS) is 14.2. The largest absolute Gasteiger partial charge is 0.399 e. The zero-order chi connectivity index (χ0) is 14.7. The Morgan fingerprint density at radius 1 is 1.50 bits per heavy atom. The zero-order valence-corrected chi connectivity index (χ0v) is 12.7. The molecule has 0 saturated carbocycles. The number of amides is 1. The molecule has 2 rings (SSSR count). The maximum absolute atomic E-state index is 12.0. The number of carbonyl (C=O) groups is 1. The molecule has 0 spiro atoms. The third-order valence-electron chi connectivity index (χ3n) is 3.02. The van der Waals surface area contributed by atoms with Gasteiger partial charge in [0.25, 0.3) is 5.91 Å². The van der Waals surface area contributed by atoms with Crippen LogP contribution in [-0.2, 0) is 9.53 Å². The van der Waals surface area contributed by atoms with E-state index in [0.717, 1.165) is 16.6 Å². The molecule has 2 atom stereocenters. The van der Waals surface area contributed by atoms with Crippen LogP contribution in [0.2, 0.25) is 0 Å². The van der Waals surface area contributed by atoms with Crippen LogP contribution in [0.3, 0.4) is 0 Å². The highest BCUT2D eigenvalue weighted by atomic mass is 32.1. The SMILES string of the molecule is CCC(C)OC(C)C(=O)Nc1nc2ccc(N)cc2s1. The number of carbonyl (C=O) groups excluding carboxylic acids is 1. The highest BCUT2D eigenvalue weighted by molar-refractivity contribution is 7.22. The van der Waals surface area contributed by atoms with Crippen molar-refractivity contribution in [2.75, 3.05) is 11.1 Å². The van der Waals surface area contributed by atoms with Crippen molar-refractivity contribution in [2.24, 2.45) is 0 Å². The van der Waals surface area contributed by atoms with Crippen molar-refractivity contribution in [3.8, 4) is 0 Å². The van der Waals surface area contributed by atoms with Gasteiger partial charge in [0.15, 0.2) is 5.13 Å². The average molecular weight is 293 g/mol. The molecule has 0 bridgehead atoms. The minimum Gasteiger partial charge on any atom is -0.399 e. The topological polar surface area (TPSA) is 77.2 Å². The number of thiazole rings is 1. The first-order chi connectivity index (χ1) is 9.49. The Morgan fingerprint density at radius 3 is 2.95 bits per heavy atom. The van der Waals surface area contributed by atoms with Crippen molar-refractivity contribution < 1.29 is 9.53 Å². The average Bonchev–Trinajstić information content (AvgIpc) is 2.79. The van der Waals surface area contributed by atoms with E-state index < -0.39 is 6.10 Å². The Bertz CT molecular complexity index is 611. The summed E-state index contributed by atoms with van der Waals surface area (Å²) in [5.74, 6) is -0.183. The Balaban J connectivity index is 2.05. The van der Waals surface area contributed by atoms with E-state index in [-0.39, 0.29) is 12.0 Å². The number of anilines is 2. The number of hydrogen-bond donors (Lipinski definition) is 2. The number of ether oxygens (including phenoxy) is 1. The number of benzene rings is 1. The Kier molecular flexibility index (Phi) is 4.57. The Hall–Kier alpha value is -1.66. The predicted octanol–water partition coefficient (Wildman–Crippen LogP) is 3.02. The quantitative estimate of drug-likeness (QED) is 0.831. The van der Waals surface area contributed by atoms with E-state index in [1.54, 1.807) is 13.0 Å². The third kappa shape index (κ3) is 3.46. The molecule has 0 aliphatic rings. The number of fused-ring (bicyclic) bond motifs is 1. The molecule has 0 aliphatic carbocycles. The summed E-state index contributed by atoms with van der Waals surface area (Å²) < 4.78 is 6.53. The lowest BCUT2D eigenvalue weighted by molar-refractivity contribution is -0.129. The van der Waals surface area contributed by atoms with Crippen LogP contribution in [0.4, 0.5) is 10.8 Å². The van der Waals surface area contributed by atoms with Crippen LogP contribution in [-0.4, -0.2) is 23.1 Å². The zero-order valence-electron chi connectivity index (χ0n) is 11.8. The number of nitrogens with zero attached hydrogens (tertiary/aromatic N) is 1. The number of aromatic nitrogens is 1. The van der Waals surface area contributed by atoms with E-state index >= 15 is 0 Å². The molecule has 1 aromatic heterocycles. The van der Waals surface area contributed by atoms with Crippen molar-refractivity contribution in [1.29, 1.82) is 0 Å². The second kappa shape index (κ2) is 6.19. The summed E-state index contributed by atoms with van der Waals surface area (Å²) in [4.78, 5) is 16.4. The first kappa shape index (κ1) is 14.7. The summed E-state index contributed by atoms with van der Waals surface area (Å²) in [5.41, 5.74) is 7.24. The number of hydrogen-bond acceptors (Lipinski definition) is 5. The summed E-state index contributed by atoms with van der Waals surface area (Å²) in [7, 11) is 0. The molecule has 2 aromatic rings. The van der Waals surface area contributed by atoms with Gasteiger partial charge in [0.1, 0.15) is 6.10 Å². The summed E-state index contributed by atoms with van der Waals surface area (Å²) in [6.45, 7) is 5.71. The van der Waals surface area contributed by atoms with Gasteiger partial charge in [-0.3, -0.25) is 10.1 Å². The van der Waals surface area contributed by atoms with Crippen molar-refractivity contribution in [1.82, 2.24) is 4.98 Å². The van der Waals surface area contributed by atoms with E-state index in [9.17, 15) is 4.79 Å². The lowest BCUT2D eigenvalue weighted by Gasteiger charge is -2.16. The maximum Gasteiger partial charge on any atom is 0.255 e. The molecule has 5 nitrogen and oxygen atoms in total. The number of nitrogens with one attached hydrogen (secondary N) is 1. The van der Waals surface area contributed by atoms with Crippen LogP contribution in [0.15, 0.2) is 18.2 Å². The second-order valence-corrected chi connectivity index (χ2v) is 5.76. The van der Waals surface area contributed by atoms with Gasteiger partial charge in [0.2, 0.25) is 0 Å². The van der Waals surface area contributed by atoms with Crippen LogP contribution in [0, 0.1) is 0 Å². The first-order valence-electron chi connectivity index (χ1n) is 6.62. The van der Waals surface area contributed by atoms with Crippen molar-refractivity contribution in [3.63, 3.8) is 0 Å². The van der Waals surface area contributed by atoms with Gasteiger partial charge >= 0.3 is 0 Å². The standard InChI is InChI=1S/C14H19N3O2S/c1-4-8(2)19-9(3)13(18)17-14-16-11-6-5-10(15)7-12(11)20-14/h5-9H,4,15H2,1-3H3,(H,16,17,18). The minimum absolute atomic E-state index is 0.0610. The summed E-state index contributed by atoms with van der Waals surface area (Å²) in [5, 5.41) is 3.35. The molecule has 0 aliphatic heterocycles. The third-order valence-corrected chi connectivity index (χ3v) is 3.96. The monoisotopic (exact) mass is 293 g/mol. The van der Waals surface area contributed by atoms with Crippen molar-refractivity contribution in [2.45, 2.75) is 39.4 Å². The lowest BCUT2D eigenvalue weighted by Crippen LogP contribution is -2.30. The molecule has 0 fully saturated rings. The first-order valence-corrected chi connectivity index (χ1v) is 7.43. The second-order valence-electron chi connectivity index (χ2n) is 4.73. The van der Waals surface area contributed by atoms with E-state index in [1.165, 1.54) is 11.3 Å². The Labute approximate surface area is 122 Å². The molecular formula is C14H19N3O2S. The molecular weight excluding hydrogens is 274 g/mol. The van der Waals surface area contributed by atoms with Crippen LogP contribution < -0.4 is 11.1 Å². The van der Waals surface area contributed by atoms with Gasteiger partial charge in [-0.2, -0.15) is 0 Å². The van der Waals surface area contributed by atoms with E-state index in [1.807, 2.05) is 26.0 Å². The molecule has 3 N–H and O–H groups in total. The van der Waals surface area contributed by atoms with Gasteiger partial charge in [-0.1, -0.05) is 18.3 Å². The molecule has 0 radical (unpaired) electrons. The summed E-state index contributed by atoms with van der Waals surface area (Å²) in [6.07, 6.45) is 0.436. The maximum atomic E-state index is 12.0. The molecule has 108 valence electrons. The minimum atomic E-state index is -0.498. The van der Waals surface area contributed by atoms with Crippen LogP contribution in [0.5, 0.6) is 0 Å². The van der Waals surface area contributed by atoms with Gasteiger partial charge in [0.05, 0.1) is 16.3 Å². The fourth-order valence-electron chi connectivity index (χ4n) is 1.71. The van der Waals surface area contributed by atoms with Crippen LogP contribution in [0.1, 0.15) is 27.2 Å². The smallest absolute Gasteiger partial charge is 0.255 e. The van der Waals surface area contributed by atoms with Gasteiger partial charge in [-0.25, -0.2) is 4.98 Å². The van der Waals surface area contributed by atoms with E-state index in [4.69, 9.17) is 10.5 Å². The molecule has 1 amide bonds. The number of nitrogen functional groups attached to an aromatic ring is 1. The van der Waals surface area contributed by atoms with E-state index in [2.05, 4.69) is 10.3 Å². The summed E-state index contributed by atoms with van der Waals surface area (Å²) >= 11 is 1.40. The van der Waals surface area contributed by atoms with Gasteiger partial charge in [-0.05, 0) is 38.5 Å². The molecule has 1 aromatic carbocycles. The Morgan fingerprint density at radius 2 is 2.25 bits per heavy atom. The van der Waals surface area contributed by atoms with Gasteiger partial charge in [0, 0.05) is 5.69 Å². The highest BCUT2D eigenvalue weighted by Crippen LogP contribution is 2.27. The molecule has 1 heterocycles. The van der Waals surface area contributed by atoms with Gasteiger partial charge < -0.3 is 10.5 Å². The molecule has 20 heavy (non-hydrogen) atoms. The molecule has 2 unspecified atom stereocenters. The van der Waals surface area contributed by atoms with Crippen LogP contribution >= 0.6 is 11.3 Å². The van der Waals surface area contributed by atoms with Crippen molar-refractivity contribution in [3.05, 3.63) is 18.2 Å².